The summed E-state index contributed by atoms with van der Waals surface area (Å²) in [6.45, 7) is 16.2. The molecule has 0 unspecified atom stereocenters. The summed E-state index contributed by atoms with van der Waals surface area (Å²) in [5.74, 6) is 0.641. The van der Waals surface area contributed by atoms with Crippen LogP contribution >= 0.6 is 0 Å². The molecule has 2 rings (SSSR count). The first-order valence-corrected chi connectivity index (χ1v) is 13.1. The predicted octanol–water partition coefficient (Wildman–Crippen LogP) is 5.78. The normalized spacial score (nSPS) is 11.8. The van der Waals surface area contributed by atoms with Gasteiger partial charge in [-0.2, -0.15) is 0 Å². The zero-order valence-corrected chi connectivity index (χ0v) is 19.7. The molecule has 5 heteroatoms. The van der Waals surface area contributed by atoms with Gasteiger partial charge in [0, 0.05) is 29.8 Å². The van der Waals surface area contributed by atoms with Gasteiger partial charge in [-0.3, -0.25) is 9.59 Å². The van der Waals surface area contributed by atoms with Crippen molar-refractivity contribution < 1.29 is 14.0 Å². The molecule has 0 aromatic heterocycles. The molecule has 0 saturated heterocycles. The Labute approximate surface area is 176 Å². The van der Waals surface area contributed by atoms with Gasteiger partial charge in [0.15, 0.2) is 5.78 Å². The lowest BCUT2D eigenvalue weighted by atomic mass is 10.0. The molecular formula is C24H33NO3Si. The molecule has 0 bridgehead atoms. The Morgan fingerprint density at radius 3 is 1.97 bits per heavy atom. The van der Waals surface area contributed by atoms with Crippen LogP contribution in [0.15, 0.2) is 48.5 Å². The first kappa shape index (κ1) is 22.9. The smallest absolute Gasteiger partial charge is 0.253 e. The minimum atomic E-state index is -1.97. The molecule has 156 valence electrons. The predicted molar refractivity (Wildman–Crippen MR) is 121 cm³/mol. The van der Waals surface area contributed by atoms with E-state index in [9.17, 15) is 9.59 Å². The molecular weight excluding hydrogens is 378 g/mol. The van der Waals surface area contributed by atoms with Gasteiger partial charge < -0.3 is 9.33 Å². The van der Waals surface area contributed by atoms with Crippen molar-refractivity contribution in [2.24, 2.45) is 0 Å². The summed E-state index contributed by atoms with van der Waals surface area (Å²) in [6.07, 6.45) is 0. The lowest BCUT2D eigenvalue weighted by Crippen LogP contribution is -2.43. The van der Waals surface area contributed by atoms with Crippen LogP contribution in [0, 0.1) is 0 Å². The third-order valence-electron chi connectivity index (χ3n) is 5.72. The Hall–Kier alpha value is -2.40. The third-order valence-corrected chi connectivity index (χ3v) is 10.1. The molecule has 0 fully saturated rings. The maximum absolute atomic E-state index is 12.9. The molecule has 2 aromatic carbocycles. The quantitative estimate of drug-likeness (QED) is 0.428. The first-order valence-electron chi connectivity index (χ1n) is 10.2. The van der Waals surface area contributed by atoms with Crippen LogP contribution in [0.2, 0.25) is 18.1 Å². The van der Waals surface area contributed by atoms with Gasteiger partial charge in [0.05, 0.1) is 0 Å². The molecule has 0 atom stereocenters. The molecule has 0 N–H and O–H groups in total. The average molecular weight is 412 g/mol. The van der Waals surface area contributed by atoms with Crippen molar-refractivity contribution in [3.8, 4) is 5.75 Å². The van der Waals surface area contributed by atoms with E-state index in [1.54, 1.807) is 35.2 Å². The molecule has 0 heterocycles. The third kappa shape index (κ3) is 5.35. The lowest BCUT2D eigenvalue weighted by molar-refractivity contribution is 0.0772. The Balaban J connectivity index is 2.22. The van der Waals surface area contributed by atoms with E-state index in [-0.39, 0.29) is 16.7 Å². The van der Waals surface area contributed by atoms with E-state index in [1.807, 2.05) is 32.0 Å². The van der Waals surface area contributed by atoms with Gasteiger partial charge in [-0.15, -0.1) is 0 Å². The fourth-order valence-corrected chi connectivity index (χ4v) is 3.80. The minimum Gasteiger partial charge on any atom is -0.543 e. The van der Waals surface area contributed by atoms with Crippen molar-refractivity contribution in [2.45, 2.75) is 52.8 Å². The van der Waals surface area contributed by atoms with Crippen molar-refractivity contribution in [1.29, 1.82) is 0 Å². The van der Waals surface area contributed by atoms with Crippen LogP contribution in [0.25, 0.3) is 0 Å². The highest BCUT2D eigenvalue weighted by atomic mass is 28.4. The van der Waals surface area contributed by atoms with E-state index in [4.69, 9.17) is 4.43 Å². The molecule has 0 spiro atoms. The number of rotatable bonds is 7. The summed E-state index contributed by atoms with van der Waals surface area (Å²) < 4.78 is 6.33. The lowest BCUT2D eigenvalue weighted by Gasteiger charge is -2.36. The first-order chi connectivity index (χ1) is 13.5. The van der Waals surface area contributed by atoms with E-state index >= 15 is 0 Å². The highest BCUT2D eigenvalue weighted by Gasteiger charge is 2.39. The highest BCUT2D eigenvalue weighted by Crippen LogP contribution is 2.37. The molecule has 4 nitrogen and oxygen atoms in total. The van der Waals surface area contributed by atoms with E-state index in [2.05, 4.69) is 33.9 Å². The van der Waals surface area contributed by atoms with E-state index in [0.29, 0.717) is 29.8 Å². The van der Waals surface area contributed by atoms with Gasteiger partial charge in [-0.1, -0.05) is 45.0 Å². The minimum absolute atomic E-state index is 0.0150. The molecule has 0 aliphatic rings. The summed E-state index contributed by atoms with van der Waals surface area (Å²) in [7, 11) is -1.97. The number of carbonyl (C=O) groups is 2. The number of hydrogen-bond donors (Lipinski definition) is 0. The number of ketones is 1. The highest BCUT2D eigenvalue weighted by molar-refractivity contribution is 6.74. The molecule has 1 amide bonds. The van der Waals surface area contributed by atoms with Crippen LogP contribution in [-0.2, 0) is 0 Å². The summed E-state index contributed by atoms with van der Waals surface area (Å²) in [4.78, 5) is 27.2. The van der Waals surface area contributed by atoms with Gasteiger partial charge in [-0.25, -0.2) is 0 Å². The zero-order chi connectivity index (χ0) is 21.8. The van der Waals surface area contributed by atoms with Gasteiger partial charge in [0.25, 0.3) is 5.91 Å². The number of nitrogens with zero attached hydrogens (tertiary/aromatic N) is 1. The Bertz CT molecular complexity index is 862. The number of hydrogen-bond acceptors (Lipinski definition) is 3. The molecule has 0 saturated carbocycles. The Kier molecular flexibility index (Phi) is 7.06. The van der Waals surface area contributed by atoms with Gasteiger partial charge in [0.1, 0.15) is 5.75 Å². The van der Waals surface area contributed by atoms with E-state index in [0.717, 1.165) is 5.75 Å². The van der Waals surface area contributed by atoms with Crippen molar-refractivity contribution in [2.75, 3.05) is 13.1 Å². The van der Waals surface area contributed by atoms with E-state index in [1.165, 1.54) is 0 Å². The van der Waals surface area contributed by atoms with Crippen LogP contribution in [0.1, 0.15) is 60.9 Å². The summed E-state index contributed by atoms with van der Waals surface area (Å²) >= 11 is 0. The van der Waals surface area contributed by atoms with Gasteiger partial charge in [0.2, 0.25) is 8.32 Å². The number of carbonyl (C=O) groups excluding carboxylic acids is 2. The van der Waals surface area contributed by atoms with Crippen molar-refractivity contribution >= 4 is 20.0 Å². The second-order valence-electron chi connectivity index (χ2n) is 8.77. The Morgan fingerprint density at radius 2 is 1.45 bits per heavy atom. The second-order valence-corrected chi connectivity index (χ2v) is 13.5. The van der Waals surface area contributed by atoms with Gasteiger partial charge >= 0.3 is 0 Å². The van der Waals surface area contributed by atoms with E-state index < -0.39 is 8.32 Å². The molecule has 0 radical (unpaired) electrons. The van der Waals surface area contributed by atoms with Crippen molar-refractivity contribution in [1.82, 2.24) is 4.90 Å². The fraction of sp³-hybridized carbons (Fsp3) is 0.417. The Morgan fingerprint density at radius 1 is 0.897 bits per heavy atom. The number of amides is 1. The van der Waals surface area contributed by atoms with Crippen LogP contribution in [0.5, 0.6) is 5.75 Å². The maximum atomic E-state index is 12.9. The van der Waals surface area contributed by atoms with Crippen LogP contribution in [-0.4, -0.2) is 38.0 Å². The standard InChI is InChI=1S/C24H33NO3Si/c1-8-25(9-2)23(27)19-15-13-18(14-16-19)22(26)20-11-10-12-21(17-20)28-29(6,7)24(3,4)5/h10-17H,8-9H2,1-7H3. The summed E-state index contributed by atoms with van der Waals surface area (Å²) in [6, 6.07) is 14.3. The SMILES string of the molecule is CCN(CC)C(=O)c1ccc(C(=O)c2cccc(O[Si](C)(C)C(C)(C)C)c2)cc1. The maximum Gasteiger partial charge on any atom is 0.253 e. The zero-order valence-electron chi connectivity index (χ0n) is 18.7. The van der Waals surface area contributed by atoms with Gasteiger partial charge in [-0.05, 0) is 56.2 Å². The number of benzene rings is 2. The molecule has 2 aromatic rings. The van der Waals surface area contributed by atoms with Crippen LogP contribution in [0.4, 0.5) is 0 Å². The van der Waals surface area contributed by atoms with Crippen molar-refractivity contribution in [3.05, 3.63) is 65.2 Å². The molecule has 0 aliphatic carbocycles. The van der Waals surface area contributed by atoms with Crippen molar-refractivity contribution in [3.63, 3.8) is 0 Å². The van der Waals surface area contributed by atoms with Crippen LogP contribution in [0.3, 0.4) is 0 Å². The second kappa shape index (κ2) is 8.95. The van der Waals surface area contributed by atoms with Crippen LogP contribution < -0.4 is 4.43 Å². The monoisotopic (exact) mass is 411 g/mol. The molecule has 0 aliphatic heterocycles. The average Bonchev–Trinajstić information content (AvgIpc) is 2.67. The summed E-state index contributed by atoms with van der Waals surface area (Å²) in [5.41, 5.74) is 1.75. The molecule has 29 heavy (non-hydrogen) atoms. The summed E-state index contributed by atoms with van der Waals surface area (Å²) in [5, 5.41) is 0.0836. The fourth-order valence-electron chi connectivity index (χ4n) is 2.77. The topological polar surface area (TPSA) is 46.6 Å². The largest absolute Gasteiger partial charge is 0.543 e.